The van der Waals surface area contributed by atoms with Gasteiger partial charge in [-0.1, -0.05) is 41.9 Å². The van der Waals surface area contributed by atoms with E-state index in [4.69, 9.17) is 16.3 Å². The molecule has 0 aliphatic rings. The second-order valence-electron chi connectivity index (χ2n) is 10.2. The molecule has 214 valence electrons. The van der Waals surface area contributed by atoms with Crippen LogP contribution in [-0.2, 0) is 26.2 Å². The number of nitrogens with zero attached hydrogens (tertiary/aromatic N) is 2. The smallest absolute Gasteiger partial charge is 0.264 e. The molecule has 0 aliphatic carbocycles. The number of amides is 2. The van der Waals surface area contributed by atoms with Crippen LogP contribution in [0.25, 0.3) is 0 Å². The number of carbonyl (C=O) groups is 2. The summed E-state index contributed by atoms with van der Waals surface area (Å²) in [4.78, 5) is 28.3. The Labute approximate surface area is 239 Å². The monoisotopic (exact) mass is 589 g/mol. The van der Waals surface area contributed by atoms with E-state index in [2.05, 4.69) is 5.32 Å². The normalized spacial score (nSPS) is 12.4. The van der Waals surface area contributed by atoms with Gasteiger partial charge in [-0.15, -0.1) is 0 Å². The molecule has 3 rings (SSSR count). The van der Waals surface area contributed by atoms with Crippen molar-refractivity contribution in [2.24, 2.45) is 0 Å². The standard InChI is InChI=1S/C29H33ClFN3O5S/c1-20(28(36)32-29(2,3)4)33(18-21-10-9-11-23(16-21)39-5)27(35)19-34(22-14-15-26(31)25(30)17-22)40(37,38)24-12-7-6-8-13-24/h6-17,20H,18-19H2,1-5H3,(H,32,36)/t20-/m1/s1. The summed E-state index contributed by atoms with van der Waals surface area (Å²) in [5.74, 6) is -1.24. The van der Waals surface area contributed by atoms with Crippen molar-refractivity contribution >= 4 is 39.1 Å². The molecule has 0 bridgehead atoms. The third-order valence-corrected chi connectivity index (χ3v) is 8.03. The SMILES string of the molecule is COc1cccc(CN(C(=O)CN(c2ccc(F)c(Cl)c2)S(=O)(=O)c2ccccc2)[C@H](C)C(=O)NC(C)(C)C)c1. The number of sulfonamides is 1. The molecule has 8 nitrogen and oxygen atoms in total. The van der Waals surface area contributed by atoms with Gasteiger partial charge in [0, 0.05) is 12.1 Å². The molecule has 2 amide bonds. The average Bonchev–Trinajstić information content (AvgIpc) is 2.91. The molecule has 0 aromatic heterocycles. The summed E-state index contributed by atoms with van der Waals surface area (Å²) in [6.07, 6.45) is 0. The van der Waals surface area contributed by atoms with Crippen molar-refractivity contribution < 1.29 is 27.1 Å². The van der Waals surface area contributed by atoms with Crippen molar-refractivity contribution in [2.45, 2.75) is 50.7 Å². The van der Waals surface area contributed by atoms with Crippen LogP contribution in [-0.4, -0.2) is 50.4 Å². The molecule has 0 heterocycles. The van der Waals surface area contributed by atoms with Crippen molar-refractivity contribution in [1.29, 1.82) is 0 Å². The second kappa shape index (κ2) is 12.7. The number of anilines is 1. The van der Waals surface area contributed by atoms with Crippen molar-refractivity contribution in [3.8, 4) is 5.75 Å². The van der Waals surface area contributed by atoms with Crippen molar-refractivity contribution in [3.63, 3.8) is 0 Å². The number of methoxy groups -OCH3 is 1. The van der Waals surface area contributed by atoms with E-state index in [-0.39, 0.29) is 22.2 Å². The lowest BCUT2D eigenvalue weighted by atomic mass is 10.1. The Morgan fingerprint density at radius 1 is 1.02 bits per heavy atom. The zero-order valence-corrected chi connectivity index (χ0v) is 24.6. The van der Waals surface area contributed by atoms with E-state index in [0.717, 1.165) is 16.4 Å². The number of nitrogens with one attached hydrogen (secondary N) is 1. The molecule has 0 saturated carbocycles. The first-order chi connectivity index (χ1) is 18.7. The first-order valence-electron chi connectivity index (χ1n) is 12.5. The maximum atomic E-state index is 14.0. The fourth-order valence-corrected chi connectivity index (χ4v) is 5.51. The molecule has 3 aromatic carbocycles. The number of ether oxygens (including phenoxy) is 1. The number of benzene rings is 3. The highest BCUT2D eigenvalue weighted by atomic mass is 35.5. The lowest BCUT2D eigenvalue weighted by Crippen LogP contribution is -2.54. The highest BCUT2D eigenvalue weighted by molar-refractivity contribution is 7.92. The van der Waals surface area contributed by atoms with Gasteiger partial charge in [-0.3, -0.25) is 13.9 Å². The fourth-order valence-electron chi connectivity index (χ4n) is 3.91. The van der Waals surface area contributed by atoms with Crippen LogP contribution < -0.4 is 14.4 Å². The highest BCUT2D eigenvalue weighted by Gasteiger charge is 2.33. The van der Waals surface area contributed by atoms with Gasteiger partial charge < -0.3 is 15.0 Å². The topological polar surface area (TPSA) is 96.0 Å². The Kier molecular flexibility index (Phi) is 9.81. The van der Waals surface area contributed by atoms with E-state index in [1.807, 2.05) is 20.8 Å². The zero-order chi connectivity index (χ0) is 29.7. The zero-order valence-electron chi connectivity index (χ0n) is 23.0. The van der Waals surface area contributed by atoms with Crippen LogP contribution in [0.4, 0.5) is 10.1 Å². The minimum absolute atomic E-state index is 0.00182. The quantitative estimate of drug-likeness (QED) is 0.358. The van der Waals surface area contributed by atoms with Crippen molar-refractivity contribution in [2.75, 3.05) is 18.0 Å². The largest absolute Gasteiger partial charge is 0.497 e. The summed E-state index contributed by atoms with van der Waals surface area (Å²) in [7, 11) is -2.77. The van der Waals surface area contributed by atoms with Crippen LogP contribution >= 0.6 is 11.6 Å². The van der Waals surface area contributed by atoms with E-state index in [1.165, 1.54) is 30.2 Å². The molecule has 40 heavy (non-hydrogen) atoms. The van der Waals surface area contributed by atoms with Crippen molar-refractivity contribution in [3.05, 3.63) is 89.2 Å². The number of rotatable bonds is 10. The minimum atomic E-state index is -4.29. The van der Waals surface area contributed by atoms with Crippen LogP contribution in [0, 0.1) is 5.82 Å². The van der Waals surface area contributed by atoms with E-state index < -0.39 is 45.8 Å². The summed E-state index contributed by atoms with van der Waals surface area (Å²) in [6, 6.07) is 17.0. The molecule has 11 heteroatoms. The predicted octanol–water partition coefficient (Wildman–Crippen LogP) is 5.02. The Bertz CT molecular complexity index is 1460. The Morgan fingerprint density at radius 2 is 1.70 bits per heavy atom. The maximum Gasteiger partial charge on any atom is 0.264 e. The van der Waals surface area contributed by atoms with Crippen LogP contribution in [0.3, 0.4) is 0 Å². The molecule has 0 spiro atoms. The van der Waals surface area contributed by atoms with Crippen LogP contribution in [0.2, 0.25) is 5.02 Å². The lowest BCUT2D eigenvalue weighted by Gasteiger charge is -2.33. The third-order valence-electron chi connectivity index (χ3n) is 5.95. The van der Waals surface area contributed by atoms with Gasteiger partial charge in [0.2, 0.25) is 11.8 Å². The first-order valence-corrected chi connectivity index (χ1v) is 14.3. The first kappa shape index (κ1) is 30.9. The van der Waals surface area contributed by atoms with Gasteiger partial charge in [0.25, 0.3) is 10.0 Å². The molecule has 0 saturated heterocycles. The second-order valence-corrected chi connectivity index (χ2v) is 12.5. The van der Waals surface area contributed by atoms with Gasteiger partial charge >= 0.3 is 0 Å². The molecule has 0 unspecified atom stereocenters. The summed E-state index contributed by atoms with van der Waals surface area (Å²) in [5.41, 5.74) is 0.103. The minimum Gasteiger partial charge on any atom is -0.497 e. The van der Waals surface area contributed by atoms with Gasteiger partial charge in [0.05, 0.1) is 22.7 Å². The Balaban J connectivity index is 2.06. The molecular weight excluding hydrogens is 557 g/mol. The van der Waals surface area contributed by atoms with E-state index in [0.29, 0.717) is 11.3 Å². The summed E-state index contributed by atoms with van der Waals surface area (Å²) in [5, 5.41) is 2.57. The predicted molar refractivity (Wildman–Crippen MR) is 153 cm³/mol. The molecule has 0 aliphatic heterocycles. The number of halogens is 2. The molecular formula is C29H33ClFN3O5S. The van der Waals surface area contributed by atoms with Crippen LogP contribution in [0.15, 0.2) is 77.7 Å². The Hall–Kier alpha value is -3.63. The van der Waals surface area contributed by atoms with Crippen LogP contribution in [0.5, 0.6) is 5.75 Å². The lowest BCUT2D eigenvalue weighted by molar-refractivity contribution is -0.140. The Morgan fingerprint density at radius 3 is 2.30 bits per heavy atom. The molecule has 1 N–H and O–H groups in total. The fraction of sp³-hybridized carbons (Fsp3) is 0.310. The summed E-state index contributed by atoms with van der Waals surface area (Å²) < 4.78 is 47.6. The van der Waals surface area contributed by atoms with E-state index in [9.17, 15) is 22.4 Å². The molecule has 1 atom stereocenters. The summed E-state index contributed by atoms with van der Waals surface area (Å²) in [6.45, 7) is 6.35. The molecule has 0 fully saturated rings. The maximum absolute atomic E-state index is 14.0. The van der Waals surface area contributed by atoms with Gasteiger partial charge in [0.15, 0.2) is 0 Å². The number of carbonyl (C=O) groups excluding carboxylic acids is 2. The van der Waals surface area contributed by atoms with Crippen LogP contribution in [0.1, 0.15) is 33.3 Å². The third kappa shape index (κ3) is 7.73. The molecule has 0 radical (unpaired) electrons. The highest BCUT2D eigenvalue weighted by Crippen LogP contribution is 2.28. The van der Waals surface area contributed by atoms with E-state index in [1.54, 1.807) is 49.4 Å². The van der Waals surface area contributed by atoms with Gasteiger partial charge in [-0.05, 0) is 75.7 Å². The molecule has 3 aromatic rings. The summed E-state index contributed by atoms with van der Waals surface area (Å²) >= 11 is 5.99. The van der Waals surface area contributed by atoms with Gasteiger partial charge in [-0.2, -0.15) is 0 Å². The average molecular weight is 590 g/mol. The number of hydrogen-bond acceptors (Lipinski definition) is 5. The number of hydrogen-bond donors (Lipinski definition) is 1. The van der Waals surface area contributed by atoms with E-state index >= 15 is 0 Å². The van der Waals surface area contributed by atoms with Crippen molar-refractivity contribution in [1.82, 2.24) is 10.2 Å². The van der Waals surface area contributed by atoms with Gasteiger partial charge in [0.1, 0.15) is 24.2 Å². The van der Waals surface area contributed by atoms with Gasteiger partial charge in [-0.25, -0.2) is 12.8 Å².